The lowest BCUT2D eigenvalue weighted by Gasteiger charge is -2.45. The predicted octanol–water partition coefficient (Wildman–Crippen LogP) is 2.74. The molecule has 1 saturated heterocycles. The molecule has 1 spiro atoms. The molecule has 0 bridgehead atoms. The Kier molecular flexibility index (Phi) is 4.77. The second-order valence-electron chi connectivity index (χ2n) is 7.58. The molecular formula is C21H23NO5S. The van der Waals surface area contributed by atoms with Crippen LogP contribution in [0, 0.1) is 0 Å². The minimum Gasteiger partial charge on any atom is -0.477 e. The Morgan fingerprint density at radius 2 is 1.89 bits per heavy atom. The van der Waals surface area contributed by atoms with E-state index >= 15 is 0 Å². The Bertz CT molecular complexity index is 897. The largest absolute Gasteiger partial charge is 0.477 e. The lowest BCUT2D eigenvalue weighted by molar-refractivity contribution is -0.158. The predicted molar refractivity (Wildman–Crippen MR) is 104 cm³/mol. The highest BCUT2D eigenvalue weighted by Crippen LogP contribution is 2.45. The average Bonchev–Trinajstić information content (AvgIpc) is 3.15. The normalized spacial score (nSPS) is 20.4. The lowest BCUT2D eigenvalue weighted by atomic mass is 9.81. The molecule has 6 nitrogen and oxygen atoms in total. The Balaban J connectivity index is 1.53. The quantitative estimate of drug-likeness (QED) is 0.826. The molecule has 0 saturated carbocycles. The van der Waals surface area contributed by atoms with Gasteiger partial charge in [0.05, 0.1) is 12.2 Å². The average molecular weight is 401 g/mol. The van der Waals surface area contributed by atoms with Crippen molar-refractivity contribution < 1.29 is 24.5 Å². The summed E-state index contributed by atoms with van der Waals surface area (Å²) in [6.07, 6.45) is 1.90. The van der Waals surface area contributed by atoms with Crippen molar-refractivity contribution in [2.24, 2.45) is 0 Å². The number of fused-ring (bicyclic) bond motifs is 2. The summed E-state index contributed by atoms with van der Waals surface area (Å²) in [4.78, 5) is 27.4. The number of carboxylic acids is 1. The second-order valence-corrected chi connectivity index (χ2v) is 8.71. The minimum absolute atomic E-state index is 0.318. The van der Waals surface area contributed by atoms with Gasteiger partial charge in [0.1, 0.15) is 4.88 Å². The number of carbonyl (C=O) groups excluding carboxylic acids is 1. The van der Waals surface area contributed by atoms with E-state index in [1.54, 1.807) is 35.2 Å². The summed E-state index contributed by atoms with van der Waals surface area (Å²) >= 11 is 1.32. The molecule has 2 aliphatic heterocycles. The molecule has 2 aliphatic rings. The fraction of sp³-hybridized carbons (Fsp3) is 0.429. The molecule has 1 unspecified atom stereocenters. The van der Waals surface area contributed by atoms with E-state index in [1.165, 1.54) is 18.3 Å². The molecule has 2 aromatic rings. The number of nitrogens with zero attached hydrogens (tertiary/aromatic N) is 1. The van der Waals surface area contributed by atoms with Crippen LogP contribution in [0.3, 0.4) is 0 Å². The number of carboxylic acid groups (broad SMARTS) is 1. The van der Waals surface area contributed by atoms with Crippen molar-refractivity contribution >= 4 is 23.2 Å². The number of likely N-dealkylation sites (tertiary alicyclic amines) is 1. The number of hydrogen-bond donors (Lipinski definition) is 2. The third-order valence-electron chi connectivity index (χ3n) is 5.83. The van der Waals surface area contributed by atoms with Crippen molar-refractivity contribution in [3.63, 3.8) is 0 Å². The maximum Gasteiger partial charge on any atom is 0.345 e. The molecule has 28 heavy (non-hydrogen) atoms. The van der Waals surface area contributed by atoms with E-state index in [0.717, 1.165) is 16.9 Å². The van der Waals surface area contributed by atoms with E-state index in [9.17, 15) is 19.8 Å². The Morgan fingerprint density at radius 1 is 1.21 bits per heavy atom. The van der Waals surface area contributed by atoms with Crippen LogP contribution in [0.4, 0.5) is 0 Å². The molecule has 1 aromatic heterocycles. The van der Waals surface area contributed by atoms with Gasteiger partial charge in [-0.1, -0.05) is 30.3 Å². The fourth-order valence-corrected chi connectivity index (χ4v) is 5.27. The van der Waals surface area contributed by atoms with Crippen LogP contribution < -0.4 is 0 Å². The number of benzene rings is 1. The van der Waals surface area contributed by atoms with Crippen molar-refractivity contribution in [1.82, 2.24) is 4.90 Å². The first kappa shape index (κ1) is 19.1. The first-order valence-corrected chi connectivity index (χ1v) is 10.2. The Morgan fingerprint density at radius 3 is 2.54 bits per heavy atom. The van der Waals surface area contributed by atoms with E-state index in [1.807, 2.05) is 6.07 Å². The van der Waals surface area contributed by atoms with Gasteiger partial charge in [-0.25, -0.2) is 4.79 Å². The molecular weight excluding hydrogens is 378 g/mol. The molecule has 1 atom stereocenters. The minimum atomic E-state index is -1.58. The molecule has 0 aliphatic carbocycles. The van der Waals surface area contributed by atoms with E-state index < -0.39 is 17.2 Å². The molecule has 148 valence electrons. The van der Waals surface area contributed by atoms with Crippen molar-refractivity contribution in [1.29, 1.82) is 0 Å². The third-order valence-corrected chi connectivity index (χ3v) is 7.01. The summed E-state index contributed by atoms with van der Waals surface area (Å²) in [7, 11) is 0. The van der Waals surface area contributed by atoms with E-state index in [-0.39, 0.29) is 5.91 Å². The van der Waals surface area contributed by atoms with Gasteiger partial charge in [-0.05, 0) is 37.0 Å². The molecule has 1 aromatic carbocycles. The number of amides is 1. The van der Waals surface area contributed by atoms with Gasteiger partial charge < -0.3 is 19.8 Å². The van der Waals surface area contributed by atoms with Crippen LogP contribution >= 0.6 is 11.3 Å². The maximum atomic E-state index is 13.0. The van der Waals surface area contributed by atoms with Crippen LogP contribution in [0.2, 0.25) is 0 Å². The third kappa shape index (κ3) is 3.13. The number of thiophene rings is 1. The molecule has 2 N–H and O–H groups in total. The fourth-order valence-electron chi connectivity index (χ4n) is 4.20. The van der Waals surface area contributed by atoms with Gasteiger partial charge >= 0.3 is 5.97 Å². The van der Waals surface area contributed by atoms with E-state index in [0.29, 0.717) is 43.0 Å². The molecule has 4 rings (SSSR count). The smallest absolute Gasteiger partial charge is 0.345 e. The van der Waals surface area contributed by atoms with Crippen LogP contribution in [0.25, 0.3) is 0 Å². The highest BCUT2D eigenvalue weighted by molar-refractivity contribution is 7.14. The zero-order chi connectivity index (χ0) is 19.9. The molecule has 1 fully saturated rings. The number of piperidine rings is 1. The number of aliphatic hydroxyl groups is 1. The lowest BCUT2D eigenvalue weighted by Crippen LogP contribution is -2.52. The van der Waals surface area contributed by atoms with Crippen molar-refractivity contribution in [2.45, 2.75) is 37.4 Å². The Labute approximate surface area is 167 Å². The van der Waals surface area contributed by atoms with Crippen molar-refractivity contribution in [3.8, 4) is 0 Å². The number of rotatable bonds is 3. The summed E-state index contributed by atoms with van der Waals surface area (Å²) in [6.45, 7) is 3.00. The molecule has 3 heterocycles. The number of carbonyl (C=O) groups is 2. The Hall–Kier alpha value is -2.22. The molecule has 7 heteroatoms. The SMILES string of the molecule is CC(O)(C(=O)N1CCC2(CC1)OCCc1sc(C(=O)O)cc12)c1ccccc1. The maximum absolute atomic E-state index is 13.0. The van der Waals surface area contributed by atoms with Gasteiger partial charge in [-0.3, -0.25) is 4.79 Å². The van der Waals surface area contributed by atoms with Crippen LogP contribution in [-0.4, -0.2) is 46.7 Å². The monoisotopic (exact) mass is 401 g/mol. The van der Waals surface area contributed by atoms with E-state index in [4.69, 9.17) is 4.74 Å². The van der Waals surface area contributed by atoms with E-state index in [2.05, 4.69) is 0 Å². The summed E-state index contributed by atoms with van der Waals surface area (Å²) in [5.41, 5.74) is -0.584. The molecule has 1 amide bonds. The summed E-state index contributed by atoms with van der Waals surface area (Å²) < 4.78 is 6.14. The standard InChI is InChI=1S/C21H23NO5S/c1-20(26,14-5-3-2-4-6-14)19(25)22-10-8-21(9-11-22)15-13-17(18(23)24)28-16(15)7-12-27-21/h2-6,13,26H,7-12H2,1H3,(H,23,24). The summed E-state index contributed by atoms with van der Waals surface area (Å²) in [6, 6.07) is 10.7. The second kappa shape index (κ2) is 6.99. The van der Waals surface area contributed by atoms with Crippen LogP contribution in [0.15, 0.2) is 36.4 Å². The highest BCUT2D eigenvalue weighted by Gasteiger charge is 2.45. The van der Waals surface area contributed by atoms with Gasteiger partial charge in [-0.15, -0.1) is 11.3 Å². The zero-order valence-electron chi connectivity index (χ0n) is 15.7. The summed E-state index contributed by atoms with van der Waals surface area (Å²) in [5, 5.41) is 20.2. The highest BCUT2D eigenvalue weighted by atomic mass is 32.1. The summed E-state index contributed by atoms with van der Waals surface area (Å²) in [5.74, 6) is -1.23. The first-order valence-electron chi connectivity index (χ1n) is 9.41. The van der Waals surface area contributed by atoms with Gasteiger partial charge in [-0.2, -0.15) is 0 Å². The van der Waals surface area contributed by atoms with Crippen LogP contribution in [0.5, 0.6) is 0 Å². The molecule has 0 radical (unpaired) electrons. The first-order chi connectivity index (χ1) is 13.3. The topological polar surface area (TPSA) is 87.1 Å². The van der Waals surface area contributed by atoms with Crippen LogP contribution in [-0.2, 0) is 27.2 Å². The zero-order valence-corrected chi connectivity index (χ0v) is 16.5. The number of aromatic carboxylic acids is 1. The van der Waals surface area contributed by atoms with Crippen molar-refractivity contribution in [2.75, 3.05) is 19.7 Å². The number of ether oxygens (including phenoxy) is 1. The van der Waals surface area contributed by atoms with Gasteiger partial charge in [0, 0.05) is 24.4 Å². The van der Waals surface area contributed by atoms with Gasteiger partial charge in [0.2, 0.25) is 0 Å². The van der Waals surface area contributed by atoms with Gasteiger partial charge in [0.25, 0.3) is 5.91 Å². The number of hydrogen-bond acceptors (Lipinski definition) is 5. The van der Waals surface area contributed by atoms with Crippen LogP contribution in [0.1, 0.15) is 45.4 Å². The van der Waals surface area contributed by atoms with Crippen molar-refractivity contribution in [3.05, 3.63) is 57.3 Å². The van der Waals surface area contributed by atoms with Gasteiger partial charge in [0.15, 0.2) is 5.60 Å².